The van der Waals surface area contributed by atoms with Gasteiger partial charge in [-0.25, -0.2) is 4.90 Å². The van der Waals surface area contributed by atoms with Crippen molar-refractivity contribution in [3.05, 3.63) is 99.5 Å². The lowest BCUT2D eigenvalue weighted by molar-refractivity contribution is -0.127. The van der Waals surface area contributed by atoms with Crippen LogP contribution in [0.1, 0.15) is 32.4 Å². The molecule has 3 aromatic rings. The average Bonchev–Trinajstić information content (AvgIpc) is 3.40. The monoisotopic (exact) mass is 491 g/mol. The van der Waals surface area contributed by atoms with Crippen molar-refractivity contribution in [3.63, 3.8) is 0 Å². The van der Waals surface area contributed by atoms with E-state index >= 15 is 0 Å². The van der Waals surface area contributed by atoms with Gasteiger partial charge in [-0.1, -0.05) is 71.7 Å². The van der Waals surface area contributed by atoms with Gasteiger partial charge in [0.2, 0.25) is 29.0 Å². The summed E-state index contributed by atoms with van der Waals surface area (Å²) in [5, 5.41) is 0.675. The van der Waals surface area contributed by atoms with Gasteiger partial charge in [0.05, 0.1) is 28.6 Å². The number of fused-ring (bicyclic) bond motifs is 3. The maximum Gasteiger partial charge on any atom is 0.241 e. The van der Waals surface area contributed by atoms with E-state index in [1.165, 1.54) is 12.1 Å². The third kappa shape index (κ3) is 2.61. The van der Waals surface area contributed by atoms with E-state index in [1.807, 2.05) is 0 Å². The minimum atomic E-state index is -2.12. The van der Waals surface area contributed by atoms with Gasteiger partial charge in [0, 0.05) is 16.1 Å². The van der Waals surface area contributed by atoms with Crippen molar-refractivity contribution < 1.29 is 23.9 Å². The van der Waals surface area contributed by atoms with Gasteiger partial charge in [-0.2, -0.15) is 0 Å². The number of ether oxygens (including phenoxy) is 1. The molecule has 2 amide bonds. The molecule has 0 N–H and O–H groups in total. The Morgan fingerprint density at radius 3 is 1.94 bits per heavy atom. The molecule has 2 heterocycles. The number of carbonyl (C=O) groups is 4. The molecule has 168 valence electrons. The highest BCUT2D eigenvalue weighted by Crippen LogP contribution is 2.58. The zero-order valence-electron chi connectivity index (χ0n) is 17.4. The molecule has 2 fully saturated rings. The summed E-state index contributed by atoms with van der Waals surface area (Å²) in [6.45, 7) is 0. The van der Waals surface area contributed by atoms with Crippen molar-refractivity contribution >= 4 is 52.3 Å². The van der Waals surface area contributed by atoms with Crippen molar-refractivity contribution in [2.24, 2.45) is 11.8 Å². The predicted octanol–water partition coefficient (Wildman–Crippen LogP) is 4.69. The summed E-state index contributed by atoms with van der Waals surface area (Å²) in [5.41, 5.74) is -1.02. The standard InChI is InChI=1S/C26H15Cl2NO5/c27-14-11-9-13(10-12-14)21-19-20(25(33)29(24(19)32)18-8-4-3-7-17(18)28)26(34-21)22(30)15-5-1-2-6-16(15)23(26)31/h1-12,19-21H/t19-,20+,21+/m0/s1. The van der Waals surface area contributed by atoms with Gasteiger partial charge in [-0.15, -0.1) is 0 Å². The number of anilines is 1. The van der Waals surface area contributed by atoms with Crippen LogP contribution in [0.4, 0.5) is 5.69 Å². The quantitative estimate of drug-likeness (QED) is 0.383. The molecule has 3 aromatic carbocycles. The first kappa shape index (κ1) is 21.2. The summed E-state index contributed by atoms with van der Waals surface area (Å²) in [6.07, 6.45) is -1.01. The Balaban J connectivity index is 1.56. The van der Waals surface area contributed by atoms with Crippen LogP contribution in [0.3, 0.4) is 0 Å². The number of amides is 2. The zero-order chi connectivity index (χ0) is 23.8. The number of benzene rings is 3. The maximum absolute atomic E-state index is 13.8. The third-order valence-corrected chi connectivity index (χ3v) is 7.38. The molecule has 0 saturated carbocycles. The Morgan fingerprint density at radius 2 is 1.32 bits per heavy atom. The first-order valence-electron chi connectivity index (χ1n) is 10.6. The normalized spacial score (nSPS) is 24.8. The number of para-hydroxylation sites is 1. The van der Waals surface area contributed by atoms with E-state index < -0.39 is 46.9 Å². The Hall–Kier alpha value is -3.32. The van der Waals surface area contributed by atoms with Crippen molar-refractivity contribution in [2.75, 3.05) is 4.90 Å². The lowest BCUT2D eigenvalue weighted by Crippen LogP contribution is -2.51. The van der Waals surface area contributed by atoms with Crippen LogP contribution >= 0.6 is 23.2 Å². The van der Waals surface area contributed by atoms with Gasteiger partial charge in [0.25, 0.3) is 0 Å². The number of ketones is 2. The fourth-order valence-corrected chi connectivity index (χ4v) is 5.69. The molecule has 0 bridgehead atoms. The van der Waals surface area contributed by atoms with E-state index in [2.05, 4.69) is 0 Å². The molecule has 2 aliphatic heterocycles. The maximum atomic E-state index is 13.8. The van der Waals surface area contributed by atoms with Crippen LogP contribution in [0.15, 0.2) is 72.8 Å². The van der Waals surface area contributed by atoms with Gasteiger partial charge in [-0.3, -0.25) is 19.2 Å². The van der Waals surface area contributed by atoms with Crippen molar-refractivity contribution in [2.45, 2.75) is 11.7 Å². The fraction of sp³-hybridized carbons (Fsp3) is 0.154. The van der Waals surface area contributed by atoms with Crippen LogP contribution in [-0.4, -0.2) is 29.0 Å². The van der Waals surface area contributed by atoms with Crippen molar-refractivity contribution in [1.82, 2.24) is 0 Å². The Bertz CT molecular complexity index is 1380. The van der Waals surface area contributed by atoms with E-state index in [0.717, 1.165) is 4.90 Å². The molecular formula is C26H15Cl2NO5. The number of hydrogen-bond acceptors (Lipinski definition) is 5. The van der Waals surface area contributed by atoms with Crippen molar-refractivity contribution in [1.29, 1.82) is 0 Å². The van der Waals surface area contributed by atoms with Gasteiger partial charge in [0.15, 0.2) is 0 Å². The van der Waals surface area contributed by atoms with Crippen molar-refractivity contribution in [3.8, 4) is 0 Å². The molecule has 2 saturated heterocycles. The van der Waals surface area contributed by atoms with Gasteiger partial charge in [-0.05, 0) is 29.8 Å². The van der Waals surface area contributed by atoms with E-state index in [9.17, 15) is 19.2 Å². The molecule has 3 aliphatic rings. The molecule has 0 unspecified atom stereocenters. The summed E-state index contributed by atoms with van der Waals surface area (Å²) < 4.78 is 6.22. The van der Waals surface area contributed by atoms with Crippen LogP contribution in [0, 0.1) is 11.8 Å². The zero-order valence-corrected chi connectivity index (χ0v) is 18.9. The summed E-state index contributed by atoms with van der Waals surface area (Å²) in [4.78, 5) is 55.9. The number of Topliss-reactive ketones (excluding diaryl/α,β-unsaturated/α-hetero) is 2. The predicted molar refractivity (Wildman–Crippen MR) is 124 cm³/mol. The number of hydrogen-bond donors (Lipinski definition) is 0. The number of halogens is 2. The Kier molecular flexibility index (Phi) is 4.58. The number of rotatable bonds is 2. The molecular weight excluding hydrogens is 477 g/mol. The summed E-state index contributed by atoms with van der Waals surface area (Å²) in [5.74, 6) is -4.90. The fourth-order valence-electron chi connectivity index (χ4n) is 5.34. The van der Waals surface area contributed by atoms with E-state index in [0.29, 0.717) is 10.6 Å². The smallest absolute Gasteiger partial charge is 0.241 e. The number of imide groups is 1. The topological polar surface area (TPSA) is 80.8 Å². The van der Waals surface area contributed by atoms with Crippen LogP contribution in [-0.2, 0) is 14.3 Å². The highest BCUT2D eigenvalue weighted by molar-refractivity contribution is 6.39. The SMILES string of the molecule is O=C1[C@@H]2[C@@H](c3ccc(Cl)cc3)OC3(C(=O)c4ccccc4C3=O)[C@H]2C(=O)N1c1ccccc1Cl. The average molecular weight is 492 g/mol. The summed E-state index contributed by atoms with van der Waals surface area (Å²) in [6, 6.07) is 19.4. The van der Waals surface area contributed by atoms with Crippen LogP contribution < -0.4 is 4.90 Å². The van der Waals surface area contributed by atoms with E-state index in [-0.39, 0.29) is 21.8 Å². The Morgan fingerprint density at radius 1 is 0.735 bits per heavy atom. The highest BCUT2D eigenvalue weighted by Gasteiger charge is 2.74. The molecule has 8 heteroatoms. The molecule has 34 heavy (non-hydrogen) atoms. The molecule has 6 rings (SSSR count). The number of carbonyl (C=O) groups excluding carboxylic acids is 4. The lowest BCUT2D eigenvalue weighted by Gasteiger charge is -2.27. The van der Waals surface area contributed by atoms with E-state index in [4.69, 9.17) is 27.9 Å². The van der Waals surface area contributed by atoms with Gasteiger partial charge in [0.1, 0.15) is 0 Å². The molecule has 1 spiro atoms. The first-order valence-corrected chi connectivity index (χ1v) is 11.4. The second kappa shape index (κ2) is 7.34. The summed E-state index contributed by atoms with van der Waals surface area (Å²) in [7, 11) is 0. The Labute approximate surface area is 204 Å². The molecule has 3 atom stereocenters. The molecule has 0 aromatic heterocycles. The molecule has 0 radical (unpaired) electrons. The minimum absolute atomic E-state index is 0.180. The lowest BCUT2D eigenvalue weighted by atomic mass is 9.77. The first-order chi connectivity index (χ1) is 16.4. The number of nitrogens with zero attached hydrogens (tertiary/aromatic N) is 1. The third-order valence-electron chi connectivity index (χ3n) is 6.81. The second-order valence-electron chi connectivity index (χ2n) is 8.50. The van der Waals surface area contributed by atoms with Crippen LogP contribution in [0.5, 0.6) is 0 Å². The van der Waals surface area contributed by atoms with Crippen LogP contribution in [0.2, 0.25) is 10.0 Å². The van der Waals surface area contributed by atoms with Gasteiger partial charge < -0.3 is 4.74 Å². The van der Waals surface area contributed by atoms with Crippen LogP contribution in [0.25, 0.3) is 0 Å². The molecule has 6 nitrogen and oxygen atoms in total. The summed E-state index contributed by atoms with van der Waals surface area (Å²) >= 11 is 12.4. The largest absolute Gasteiger partial charge is 0.349 e. The highest BCUT2D eigenvalue weighted by atomic mass is 35.5. The van der Waals surface area contributed by atoms with Gasteiger partial charge >= 0.3 is 0 Å². The second-order valence-corrected chi connectivity index (χ2v) is 9.34. The van der Waals surface area contributed by atoms with E-state index in [1.54, 1.807) is 60.7 Å². The minimum Gasteiger partial charge on any atom is -0.349 e. The molecule has 1 aliphatic carbocycles.